The third-order valence-electron chi connectivity index (χ3n) is 10.9. The van der Waals surface area contributed by atoms with Crippen molar-refractivity contribution in [3.05, 3.63) is 89.5 Å². The monoisotopic (exact) mass is 713 g/mol. The van der Waals surface area contributed by atoms with E-state index in [1.807, 2.05) is 86.7 Å². The van der Waals surface area contributed by atoms with E-state index in [1.54, 1.807) is 15.9 Å². The Labute approximate surface area is 299 Å². The van der Waals surface area contributed by atoms with E-state index in [0.717, 1.165) is 17.5 Å². The van der Waals surface area contributed by atoms with Crippen molar-refractivity contribution in [1.82, 2.24) is 4.90 Å². The highest BCUT2D eigenvalue weighted by atomic mass is 28.4. The standard InChI is InChI=1S/C39H47N3O8Si/c1-26-37(51(3,4)48)34(22-35(45)41-23-28-13-9-8-12-27(28)20-31(41)24-43)50-39(26)32-21-30(42(25-44)29-14-6-5-7-15-29)17-18-33(32)40(38(39)47)19-11-10-16-36(46)49-2/h5-9,12-15,17-18,21,25-26,31,34,37,43,48H,10-11,16,19-20,22-24H2,1-4H3/t26-,31+,34+,37-,39+/m1/s1. The van der Waals surface area contributed by atoms with Gasteiger partial charge in [0.2, 0.25) is 12.3 Å². The number of anilines is 3. The van der Waals surface area contributed by atoms with Crippen molar-refractivity contribution in [1.29, 1.82) is 0 Å². The number of fused-ring (bicyclic) bond motifs is 3. The number of para-hydroxylation sites is 1. The molecule has 0 bridgehead atoms. The number of aliphatic hydroxyl groups is 1. The molecule has 1 spiro atoms. The minimum atomic E-state index is -3.09. The van der Waals surface area contributed by atoms with Gasteiger partial charge in [-0.2, -0.15) is 0 Å². The van der Waals surface area contributed by atoms with Gasteiger partial charge in [-0.15, -0.1) is 0 Å². The van der Waals surface area contributed by atoms with Crippen molar-refractivity contribution < 1.29 is 38.6 Å². The minimum absolute atomic E-state index is 0.0711. The first kappa shape index (κ1) is 36.4. The van der Waals surface area contributed by atoms with Gasteiger partial charge in [0.1, 0.15) is 0 Å². The molecule has 0 radical (unpaired) electrons. The minimum Gasteiger partial charge on any atom is -0.469 e. The van der Waals surface area contributed by atoms with E-state index in [-0.39, 0.29) is 37.2 Å². The molecule has 12 heteroatoms. The Kier molecular flexibility index (Phi) is 10.5. The van der Waals surface area contributed by atoms with Crippen LogP contribution in [0.2, 0.25) is 18.6 Å². The zero-order valence-electron chi connectivity index (χ0n) is 29.7. The third-order valence-corrected chi connectivity index (χ3v) is 13.4. The number of ether oxygens (including phenoxy) is 2. The molecule has 0 saturated carbocycles. The van der Waals surface area contributed by atoms with E-state index in [0.29, 0.717) is 55.0 Å². The number of hydrogen-bond acceptors (Lipinski definition) is 8. The van der Waals surface area contributed by atoms with Crippen molar-refractivity contribution in [2.75, 3.05) is 30.1 Å². The zero-order valence-corrected chi connectivity index (χ0v) is 30.7. The van der Waals surface area contributed by atoms with Gasteiger partial charge >= 0.3 is 5.97 Å². The van der Waals surface area contributed by atoms with Gasteiger partial charge in [-0.05, 0) is 73.8 Å². The largest absolute Gasteiger partial charge is 0.469 e. The first-order chi connectivity index (χ1) is 24.4. The highest BCUT2D eigenvalue weighted by Gasteiger charge is 2.66. The van der Waals surface area contributed by atoms with E-state index in [4.69, 9.17) is 9.47 Å². The normalized spacial score (nSPS) is 24.0. The third kappa shape index (κ3) is 6.73. The van der Waals surface area contributed by atoms with Crippen LogP contribution in [0.15, 0.2) is 72.8 Å². The summed E-state index contributed by atoms with van der Waals surface area (Å²) in [4.78, 5) is 70.1. The number of amides is 3. The number of rotatable bonds is 12. The summed E-state index contributed by atoms with van der Waals surface area (Å²) in [6.07, 6.45) is 1.67. The average molecular weight is 714 g/mol. The van der Waals surface area contributed by atoms with Crippen LogP contribution in [0, 0.1) is 5.92 Å². The summed E-state index contributed by atoms with van der Waals surface area (Å²) in [6.45, 7) is 6.01. The molecule has 3 aliphatic rings. The Morgan fingerprint density at radius 1 is 1.04 bits per heavy atom. The van der Waals surface area contributed by atoms with Crippen LogP contribution in [-0.4, -0.2) is 79.7 Å². The number of aliphatic hydroxyl groups excluding tert-OH is 1. The first-order valence-corrected chi connectivity index (χ1v) is 20.7. The topological polar surface area (TPSA) is 137 Å². The second-order valence-electron chi connectivity index (χ2n) is 14.4. The second kappa shape index (κ2) is 14.7. The van der Waals surface area contributed by atoms with Crippen molar-refractivity contribution in [2.45, 2.75) is 82.0 Å². The van der Waals surface area contributed by atoms with Gasteiger partial charge in [-0.3, -0.25) is 24.1 Å². The van der Waals surface area contributed by atoms with Crippen LogP contribution in [0.5, 0.6) is 0 Å². The van der Waals surface area contributed by atoms with Crippen molar-refractivity contribution >= 4 is 49.6 Å². The Bertz CT molecular complexity index is 1780. The SMILES string of the molecule is COC(=O)CCCCN1C(=O)[C@@]2(O[C@@H](CC(=O)N3Cc4ccccc4C[C@H]3CO)[C@H]([Si](C)(C)O)[C@H]2C)c2cc(N(C=O)c3ccccc3)ccc21. The molecule has 2 N–H and O–H groups in total. The maximum absolute atomic E-state index is 14.9. The molecule has 3 amide bonds. The smallest absolute Gasteiger partial charge is 0.305 e. The lowest BCUT2D eigenvalue weighted by atomic mass is 9.82. The van der Waals surface area contributed by atoms with Crippen LogP contribution in [0.25, 0.3) is 0 Å². The number of methoxy groups -OCH3 is 1. The molecule has 0 aliphatic carbocycles. The second-order valence-corrected chi connectivity index (χ2v) is 18.4. The fourth-order valence-electron chi connectivity index (χ4n) is 8.47. The number of carbonyl (C=O) groups excluding carboxylic acids is 4. The van der Waals surface area contributed by atoms with Gasteiger partial charge in [-0.1, -0.05) is 49.4 Å². The van der Waals surface area contributed by atoms with Crippen LogP contribution >= 0.6 is 0 Å². The van der Waals surface area contributed by atoms with E-state index in [2.05, 4.69) is 0 Å². The lowest BCUT2D eigenvalue weighted by Gasteiger charge is -2.37. The molecule has 0 unspecified atom stereocenters. The van der Waals surface area contributed by atoms with E-state index in [1.165, 1.54) is 12.0 Å². The highest BCUT2D eigenvalue weighted by molar-refractivity contribution is 6.71. The number of carbonyl (C=O) groups is 4. The van der Waals surface area contributed by atoms with Gasteiger partial charge in [0.05, 0.1) is 38.0 Å². The summed E-state index contributed by atoms with van der Waals surface area (Å²) in [5.74, 6) is -1.36. The fraction of sp³-hybridized carbons (Fsp3) is 0.436. The summed E-state index contributed by atoms with van der Waals surface area (Å²) in [5.41, 5.74) is 2.49. The Morgan fingerprint density at radius 2 is 1.75 bits per heavy atom. The summed E-state index contributed by atoms with van der Waals surface area (Å²) >= 11 is 0. The molecule has 6 rings (SSSR count). The maximum Gasteiger partial charge on any atom is 0.305 e. The maximum atomic E-state index is 14.9. The summed E-state index contributed by atoms with van der Waals surface area (Å²) in [6, 6.07) is 22.1. The Hall–Kier alpha value is -4.36. The van der Waals surface area contributed by atoms with Gasteiger partial charge in [0.25, 0.3) is 5.91 Å². The molecule has 270 valence electrons. The zero-order chi connectivity index (χ0) is 36.5. The molecule has 3 aromatic rings. The Balaban J connectivity index is 1.38. The van der Waals surface area contributed by atoms with Gasteiger partial charge in [-0.25, -0.2) is 0 Å². The van der Waals surface area contributed by atoms with Crippen LogP contribution in [0.4, 0.5) is 17.1 Å². The molecule has 0 aromatic heterocycles. The molecular formula is C39H47N3O8Si. The molecule has 3 aromatic carbocycles. The summed E-state index contributed by atoms with van der Waals surface area (Å²) in [7, 11) is -1.75. The number of hydrogen-bond donors (Lipinski definition) is 2. The Morgan fingerprint density at radius 3 is 2.41 bits per heavy atom. The van der Waals surface area contributed by atoms with E-state index >= 15 is 0 Å². The van der Waals surface area contributed by atoms with Crippen molar-refractivity contribution in [3.8, 4) is 0 Å². The molecular weight excluding hydrogens is 667 g/mol. The van der Waals surface area contributed by atoms with Crippen LogP contribution in [-0.2, 0) is 47.2 Å². The molecule has 1 saturated heterocycles. The van der Waals surface area contributed by atoms with E-state index in [9.17, 15) is 29.1 Å². The van der Waals surface area contributed by atoms with Crippen LogP contribution in [0.3, 0.4) is 0 Å². The quantitative estimate of drug-likeness (QED) is 0.118. The molecule has 11 nitrogen and oxygen atoms in total. The summed E-state index contributed by atoms with van der Waals surface area (Å²) < 4.78 is 11.8. The number of nitrogens with zero attached hydrogens (tertiary/aromatic N) is 3. The first-order valence-electron chi connectivity index (χ1n) is 17.6. The number of esters is 1. The molecule has 51 heavy (non-hydrogen) atoms. The fourth-order valence-corrected chi connectivity index (χ4v) is 11.0. The van der Waals surface area contributed by atoms with Crippen LogP contribution < -0.4 is 9.80 Å². The van der Waals surface area contributed by atoms with E-state index < -0.39 is 37.5 Å². The highest BCUT2D eigenvalue weighted by Crippen LogP contribution is 2.60. The summed E-state index contributed by atoms with van der Waals surface area (Å²) in [5, 5.41) is 10.3. The molecule has 3 heterocycles. The number of unbranched alkanes of at least 4 members (excludes halogenated alkanes) is 1. The molecule has 3 aliphatic heterocycles. The van der Waals surface area contributed by atoms with Gasteiger partial charge in [0.15, 0.2) is 13.9 Å². The predicted molar refractivity (Wildman–Crippen MR) is 195 cm³/mol. The molecule has 5 atom stereocenters. The predicted octanol–water partition coefficient (Wildman–Crippen LogP) is 4.80. The van der Waals surface area contributed by atoms with Crippen molar-refractivity contribution in [3.63, 3.8) is 0 Å². The van der Waals surface area contributed by atoms with Gasteiger partial charge in [0, 0.05) is 47.9 Å². The van der Waals surface area contributed by atoms with Gasteiger partial charge < -0.3 is 29.2 Å². The molecule has 1 fully saturated rings. The van der Waals surface area contributed by atoms with Crippen LogP contribution in [0.1, 0.15) is 49.3 Å². The lowest BCUT2D eigenvalue weighted by molar-refractivity contribution is -0.151. The number of benzene rings is 3. The lowest BCUT2D eigenvalue weighted by Crippen LogP contribution is -2.48. The average Bonchev–Trinajstić information content (AvgIpc) is 3.55. The van der Waals surface area contributed by atoms with Crippen molar-refractivity contribution in [2.24, 2.45) is 5.92 Å².